The number of carbonyl (C=O) groups excluding carboxylic acids is 2. The molecule has 0 aliphatic rings. The summed E-state index contributed by atoms with van der Waals surface area (Å²) in [7, 11) is 1.50. The fraction of sp³-hybridized carbons (Fsp3) is 0.176. The Morgan fingerprint density at radius 2 is 1.86 bits per heavy atom. The smallest absolute Gasteiger partial charge is 0.342 e. The SMILES string of the molecule is COc1ccc(C(C)=O)cc1COC(=O)c1ccccc1O. The van der Waals surface area contributed by atoms with E-state index in [4.69, 9.17) is 9.47 Å². The molecule has 114 valence electrons. The number of carbonyl (C=O) groups is 2. The molecule has 0 saturated heterocycles. The summed E-state index contributed by atoms with van der Waals surface area (Å²) in [6.45, 7) is 1.40. The Bertz CT molecular complexity index is 706. The summed E-state index contributed by atoms with van der Waals surface area (Å²) in [6.07, 6.45) is 0. The Labute approximate surface area is 128 Å². The van der Waals surface area contributed by atoms with E-state index in [0.717, 1.165) is 0 Å². The number of benzene rings is 2. The van der Waals surface area contributed by atoms with E-state index in [-0.39, 0.29) is 23.7 Å². The van der Waals surface area contributed by atoms with Crippen molar-refractivity contribution < 1.29 is 24.2 Å². The van der Waals surface area contributed by atoms with Crippen LogP contribution >= 0.6 is 0 Å². The molecular weight excluding hydrogens is 284 g/mol. The van der Waals surface area contributed by atoms with E-state index < -0.39 is 5.97 Å². The molecule has 2 aromatic rings. The fourth-order valence-electron chi connectivity index (χ4n) is 1.98. The third kappa shape index (κ3) is 3.44. The van der Waals surface area contributed by atoms with Crippen LogP contribution in [0.4, 0.5) is 0 Å². The van der Waals surface area contributed by atoms with E-state index in [0.29, 0.717) is 16.9 Å². The number of aromatic hydroxyl groups is 1. The number of phenolic OH excluding ortho intramolecular Hbond substituents is 1. The summed E-state index contributed by atoms with van der Waals surface area (Å²) >= 11 is 0. The summed E-state index contributed by atoms with van der Waals surface area (Å²) in [5.74, 6) is -0.351. The second-order valence-electron chi connectivity index (χ2n) is 4.68. The van der Waals surface area contributed by atoms with E-state index in [1.165, 1.54) is 26.2 Å². The van der Waals surface area contributed by atoms with Gasteiger partial charge in [0.05, 0.1) is 7.11 Å². The second kappa shape index (κ2) is 6.76. The number of hydrogen-bond acceptors (Lipinski definition) is 5. The molecule has 0 fully saturated rings. The minimum atomic E-state index is -0.645. The van der Waals surface area contributed by atoms with Crippen LogP contribution in [-0.4, -0.2) is 24.0 Å². The topological polar surface area (TPSA) is 72.8 Å². The van der Waals surface area contributed by atoms with Gasteiger partial charge in [-0.15, -0.1) is 0 Å². The van der Waals surface area contributed by atoms with Crippen molar-refractivity contribution in [1.82, 2.24) is 0 Å². The highest BCUT2D eigenvalue weighted by Crippen LogP contribution is 2.23. The molecule has 0 radical (unpaired) electrons. The minimum Gasteiger partial charge on any atom is -0.507 e. The highest BCUT2D eigenvalue weighted by molar-refractivity contribution is 5.94. The van der Waals surface area contributed by atoms with Gasteiger partial charge in [-0.2, -0.15) is 0 Å². The van der Waals surface area contributed by atoms with Crippen molar-refractivity contribution in [2.75, 3.05) is 7.11 Å². The van der Waals surface area contributed by atoms with Crippen molar-refractivity contribution >= 4 is 11.8 Å². The Hall–Kier alpha value is -2.82. The number of phenols is 1. The number of rotatable bonds is 5. The maximum absolute atomic E-state index is 12.0. The standard InChI is InChI=1S/C17H16O5/c1-11(18)12-7-8-16(21-2)13(9-12)10-22-17(20)14-5-3-4-6-15(14)19/h3-9,19H,10H2,1-2H3. The first-order valence-electron chi connectivity index (χ1n) is 6.66. The predicted molar refractivity (Wildman–Crippen MR) is 80.2 cm³/mol. The van der Waals surface area contributed by atoms with E-state index in [1.54, 1.807) is 30.3 Å². The van der Waals surface area contributed by atoms with Gasteiger partial charge in [-0.05, 0) is 37.3 Å². The first kappa shape index (κ1) is 15.6. The van der Waals surface area contributed by atoms with Gasteiger partial charge in [0.25, 0.3) is 0 Å². The maximum Gasteiger partial charge on any atom is 0.342 e. The molecule has 2 aromatic carbocycles. The van der Waals surface area contributed by atoms with Gasteiger partial charge in [-0.1, -0.05) is 12.1 Å². The van der Waals surface area contributed by atoms with Gasteiger partial charge in [0.1, 0.15) is 23.7 Å². The number of ether oxygens (including phenoxy) is 2. The number of ketones is 1. The third-order valence-electron chi connectivity index (χ3n) is 3.17. The van der Waals surface area contributed by atoms with Crippen molar-refractivity contribution in [3.63, 3.8) is 0 Å². The summed E-state index contributed by atoms with van der Waals surface area (Å²) in [4.78, 5) is 23.4. The molecule has 0 heterocycles. The van der Waals surface area contributed by atoms with Crippen molar-refractivity contribution in [3.8, 4) is 11.5 Å². The van der Waals surface area contributed by atoms with Crippen LogP contribution < -0.4 is 4.74 Å². The van der Waals surface area contributed by atoms with Gasteiger partial charge in [-0.3, -0.25) is 4.79 Å². The number of para-hydroxylation sites is 1. The van der Waals surface area contributed by atoms with Gasteiger partial charge in [0.2, 0.25) is 0 Å². The lowest BCUT2D eigenvalue weighted by molar-refractivity contribution is 0.0467. The lowest BCUT2D eigenvalue weighted by Crippen LogP contribution is -2.07. The lowest BCUT2D eigenvalue weighted by atomic mass is 10.1. The van der Waals surface area contributed by atoms with Crippen LogP contribution in [0.25, 0.3) is 0 Å². The molecule has 1 N–H and O–H groups in total. The first-order chi connectivity index (χ1) is 10.5. The van der Waals surface area contributed by atoms with Gasteiger partial charge in [-0.25, -0.2) is 4.79 Å². The summed E-state index contributed by atoms with van der Waals surface area (Å²) in [5, 5.41) is 9.63. The molecule has 0 aliphatic heterocycles. The van der Waals surface area contributed by atoms with Crippen molar-refractivity contribution in [3.05, 3.63) is 59.2 Å². The molecule has 0 aromatic heterocycles. The van der Waals surface area contributed by atoms with Gasteiger partial charge >= 0.3 is 5.97 Å². The van der Waals surface area contributed by atoms with Crippen LogP contribution in [0.1, 0.15) is 33.2 Å². The molecule has 0 bridgehead atoms. The highest BCUT2D eigenvalue weighted by Gasteiger charge is 2.14. The predicted octanol–water partition coefficient (Wildman–Crippen LogP) is 2.96. The quantitative estimate of drug-likeness (QED) is 0.679. The molecule has 0 saturated carbocycles. The molecular formula is C17H16O5. The number of esters is 1. The molecule has 0 amide bonds. The molecule has 0 unspecified atom stereocenters. The Balaban J connectivity index is 2.17. The molecule has 0 aliphatic carbocycles. The highest BCUT2D eigenvalue weighted by atomic mass is 16.5. The molecule has 5 nitrogen and oxygen atoms in total. The Morgan fingerprint density at radius 3 is 2.50 bits per heavy atom. The zero-order valence-electron chi connectivity index (χ0n) is 12.3. The monoisotopic (exact) mass is 300 g/mol. The van der Waals surface area contributed by atoms with Gasteiger partial charge in [0.15, 0.2) is 5.78 Å². The fourth-order valence-corrected chi connectivity index (χ4v) is 1.98. The van der Waals surface area contributed by atoms with Gasteiger partial charge in [0, 0.05) is 11.1 Å². The average molecular weight is 300 g/mol. The zero-order chi connectivity index (χ0) is 16.1. The Morgan fingerprint density at radius 1 is 1.14 bits per heavy atom. The normalized spacial score (nSPS) is 10.1. The minimum absolute atomic E-state index is 0.0581. The molecule has 0 spiro atoms. The first-order valence-corrected chi connectivity index (χ1v) is 6.66. The van der Waals surface area contributed by atoms with E-state index in [2.05, 4.69) is 0 Å². The van der Waals surface area contributed by atoms with Crippen molar-refractivity contribution in [2.24, 2.45) is 0 Å². The third-order valence-corrected chi connectivity index (χ3v) is 3.17. The van der Waals surface area contributed by atoms with Crippen LogP contribution in [0.15, 0.2) is 42.5 Å². The number of methoxy groups -OCH3 is 1. The van der Waals surface area contributed by atoms with Crippen LogP contribution in [0.5, 0.6) is 11.5 Å². The molecule has 22 heavy (non-hydrogen) atoms. The van der Waals surface area contributed by atoms with Crippen LogP contribution in [0, 0.1) is 0 Å². The van der Waals surface area contributed by atoms with Crippen molar-refractivity contribution in [1.29, 1.82) is 0 Å². The van der Waals surface area contributed by atoms with Gasteiger partial charge < -0.3 is 14.6 Å². The summed E-state index contributed by atoms with van der Waals surface area (Å²) in [5.41, 5.74) is 1.18. The van der Waals surface area contributed by atoms with Crippen LogP contribution in [0.3, 0.4) is 0 Å². The maximum atomic E-state index is 12.0. The largest absolute Gasteiger partial charge is 0.507 e. The molecule has 2 rings (SSSR count). The zero-order valence-corrected chi connectivity index (χ0v) is 12.3. The van der Waals surface area contributed by atoms with Crippen LogP contribution in [0.2, 0.25) is 0 Å². The molecule has 0 atom stereocenters. The summed E-state index contributed by atoms with van der Waals surface area (Å²) in [6, 6.07) is 11.1. The second-order valence-corrected chi connectivity index (χ2v) is 4.68. The molecule has 5 heteroatoms. The van der Waals surface area contributed by atoms with E-state index >= 15 is 0 Å². The number of Topliss-reactive ketones (excluding diaryl/α,β-unsaturated/α-hetero) is 1. The van der Waals surface area contributed by atoms with Crippen molar-refractivity contribution in [2.45, 2.75) is 13.5 Å². The van der Waals surface area contributed by atoms with E-state index in [1.807, 2.05) is 0 Å². The lowest BCUT2D eigenvalue weighted by Gasteiger charge is -2.11. The van der Waals surface area contributed by atoms with E-state index in [9.17, 15) is 14.7 Å². The number of hydrogen-bond donors (Lipinski definition) is 1. The Kier molecular flexibility index (Phi) is 4.78. The summed E-state index contributed by atoms with van der Waals surface area (Å²) < 4.78 is 10.4. The average Bonchev–Trinajstić information content (AvgIpc) is 2.52. The van der Waals surface area contributed by atoms with Crippen LogP contribution in [-0.2, 0) is 11.3 Å².